The number of aliphatic hydroxyl groups excluding tert-OH is 1. The average Bonchev–Trinajstić information content (AvgIpc) is 2.43. The lowest BCUT2D eigenvalue weighted by Crippen LogP contribution is -2.43. The Morgan fingerprint density at radius 3 is 2.52 bits per heavy atom. The summed E-state index contributed by atoms with van der Waals surface area (Å²) in [4.78, 5) is 41.8. The van der Waals surface area contributed by atoms with Crippen molar-refractivity contribution in [3.05, 3.63) is 27.4 Å². The van der Waals surface area contributed by atoms with Gasteiger partial charge in [-0.1, -0.05) is 0 Å². The zero-order chi connectivity index (χ0) is 19.2. The molecule has 140 valence electrons. The fraction of sp³-hybridized carbons (Fsp3) is 0.625. The van der Waals surface area contributed by atoms with Gasteiger partial charge >= 0.3 is 17.8 Å². The zero-order valence-corrected chi connectivity index (χ0v) is 15.1. The second-order valence-corrected chi connectivity index (χ2v) is 6.44. The van der Waals surface area contributed by atoms with E-state index in [4.69, 9.17) is 9.47 Å². The molecule has 0 unspecified atom stereocenters. The standard InChI is InChI=1S/C16H25N3O6/c1-6-24-13(21)12-9(2)17-14(22)19-11(12)7-10(8-20)18-15(23)25-16(3,4)5/h10,20H,6-8H2,1-5H3,(H,18,23)(H,17,19,22)/t10-/m0/s1. The van der Waals surface area contributed by atoms with Crippen LogP contribution >= 0.6 is 0 Å². The van der Waals surface area contributed by atoms with Gasteiger partial charge in [0, 0.05) is 12.1 Å². The molecule has 9 heteroatoms. The first-order valence-electron chi connectivity index (χ1n) is 7.94. The van der Waals surface area contributed by atoms with Gasteiger partial charge in [0.1, 0.15) is 11.2 Å². The molecule has 3 N–H and O–H groups in total. The predicted octanol–water partition coefficient (Wildman–Crippen LogP) is 0.683. The number of carbonyl (C=O) groups excluding carboxylic acids is 2. The van der Waals surface area contributed by atoms with Crippen molar-refractivity contribution >= 4 is 12.1 Å². The minimum atomic E-state index is -0.781. The van der Waals surface area contributed by atoms with E-state index in [0.29, 0.717) is 5.69 Å². The van der Waals surface area contributed by atoms with Crippen molar-refractivity contribution in [3.8, 4) is 0 Å². The van der Waals surface area contributed by atoms with Gasteiger partial charge in [0.05, 0.1) is 24.9 Å². The second kappa shape index (κ2) is 8.61. The molecule has 0 bridgehead atoms. The van der Waals surface area contributed by atoms with Crippen LogP contribution in [0.25, 0.3) is 0 Å². The summed E-state index contributed by atoms with van der Waals surface area (Å²) in [6.45, 7) is 8.08. The third kappa shape index (κ3) is 6.54. The van der Waals surface area contributed by atoms with Crippen LogP contribution in [-0.2, 0) is 15.9 Å². The van der Waals surface area contributed by atoms with Crippen molar-refractivity contribution in [2.75, 3.05) is 13.2 Å². The largest absolute Gasteiger partial charge is 0.462 e. The van der Waals surface area contributed by atoms with E-state index in [0.717, 1.165) is 0 Å². The normalized spacial score (nSPS) is 12.4. The molecule has 0 saturated heterocycles. The van der Waals surface area contributed by atoms with Crippen LogP contribution in [0.2, 0.25) is 0 Å². The lowest BCUT2D eigenvalue weighted by atomic mass is 10.1. The highest BCUT2D eigenvalue weighted by atomic mass is 16.6. The Kier molecular flexibility index (Phi) is 7.10. The third-order valence-electron chi connectivity index (χ3n) is 3.06. The number of rotatable bonds is 6. The fourth-order valence-electron chi connectivity index (χ4n) is 2.14. The van der Waals surface area contributed by atoms with E-state index in [1.54, 1.807) is 34.6 Å². The van der Waals surface area contributed by atoms with E-state index >= 15 is 0 Å². The number of nitrogens with one attached hydrogen (secondary N) is 2. The van der Waals surface area contributed by atoms with E-state index in [2.05, 4.69) is 15.3 Å². The van der Waals surface area contributed by atoms with E-state index in [-0.39, 0.29) is 24.3 Å². The summed E-state index contributed by atoms with van der Waals surface area (Å²) in [5.74, 6) is -0.632. The molecule has 1 heterocycles. The van der Waals surface area contributed by atoms with Crippen molar-refractivity contribution < 1.29 is 24.2 Å². The topological polar surface area (TPSA) is 131 Å². The van der Waals surface area contributed by atoms with Crippen LogP contribution in [0, 0.1) is 6.92 Å². The summed E-state index contributed by atoms with van der Waals surface area (Å²) in [5.41, 5.74) is -0.767. The van der Waals surface area contributed by atoms with E-state index < -0.39 is 36.0 Å². The number of aliphatic hydroxyl groups is 1. The van der Waals surface area contributed by atoms with Crippen molar-refractivity contribution in [1.29, 1.82) is 0 Å². The van der Waals surface area contributed by atoms with Crippen molar-refractivity contribution in [2.45, 2.75) is 52.7 Å². The Labute approximate surface area is 145 Å². The number of alkyl carbamates (subject to hydrolysis) is 1. The summed E-state index contributed by atoms with van der Waals surface area (Å²) < 4.78 is 10.1. The molecule has 0 aliphatic heterocycles. The van der Waals surface area contributed by atoms with Crippen LogP contribution in [0.4, 0.5) is 4.79 Å². The molecule has 1 aromatic heterocycles. The highest BCUT2D eigenvalue weighted by Crippen LogP contribution is 2.13. The number of aromatic nitrogens is 2. The molecule has 0 saturated carbocycles. The highest BCUT2D eigenvalue weighted by Gasteiger charge is 2.24. The van der Waals surface area contributed by atoms with E-state index in [1.165, 1.54) is 0 Å². The van der Waals surface area contributed by atoms with Crippen molar-refractivity contribution in [3.63, 3.8) is 0 Å². The Morgan fingerprint density at radius 1 is 1.36 bits per heavy atom. The van der Waals surface area contributed by atoms with Gasteiger partial charge in [-0.25, -0.2) is 14.4 Å². The van der Waals surface area contributed by atoms with Gasteiger partial charge in [0.25, 0.3) is 0 Å². The van der Waals surface area contributed by atoms with Gasteiger partial charge in [0.15, 0.2) is 0 Å². The third-order valence-corrected chi connectivity index (χ3v) is 3.06. The van der Waals surface area contributed by atoms with Gasteiger partial charge in [-0.15, -0.1) is 0 Å². The summed E-state index contributed by atoms with van der Waals surface area (Å²) >= 11 is 0. The maximum absolute atomic E-state index is 12.1. The van der Waals surface area contributed by atoms with E-state index in [9.17, 15) is 19.5 Å². The first-order chi connectivity index (χ1) is 11.6. The highest BCUT2D eigenvalue weighted by molar-refractivity contribution is 5.91. The van der Waals surface area contributed by atoms with Crippen molar-refractivity contribution in [1.82, 2.24) is 15.3 Å². The molecule has 1 aromatic rings. The smallest absolute Gasteiger partial charge is 0.407 e. The molecule has 0 radical (unpaired) electrons. The summed E-state index contributed by atoms with van der Waals surface area (Å²) in [5, 5.41) is 12.0. The molecular formula is C16H25N3O6. The second-order valence-electron chi connectivity index (χ2n) is 6.44. The molecule has 1 atom stereocenters. The number of aromatic amines is 1. The zero-order valence-electron chi connectivity index (χ0n) is 15.1. The number of ether oxygens (including phenoxy) is 2. The lowest BCUT2D eigenvalue weighted by molar-refractivity contribution is 0.0482. The first-order valence-corrected chi connectivity index (χ1v) is 7.94. The molecule has 0 aliphatic carbocycles. The quantitative estimate of drug-likeness (QED) is 0.640. The Bertz CT molecular complexity index is 677. The fourth-order valence-corrected chi connectivity index (χ4v) is 2.14. The minimum absolute atomic E-state index is 0.0331. The maximum atomic E-state index is 12.1. The number of aryl methyl sites for hydroxylation is 1. The Hall–Kier alpha value is -2.42. The number of esters is 1. The number of H-pyrrole nitrogens is 1. The van der Waals surface area contributed by atoms with Crippen LogP contribution in [0.5, 0.6) is 0 Å². The van der Waals surface area contributed by atoms with Crippen LogP contribution in [0.1, 0.15) is 49.4 Å². The molecule has 0 fully saturated rings. The van der Waals surface area contributed by atoms with Gasteiger partial charge in [-0.05, 0) is 34.6 Å². The lowest BCUT2D eigenvalue weighted by Gasteiger charge is -2.23. The minimum Gasteiger partial charge on any atom is -0.462 e. The van der Waals surface area contributed by atoms with Crippen LogP contribution < -0.4 is 11.0 Å². The number of hydrogen-bond acceptors (Lipinski definition) is 7. The summed E-state index contributed by atoms with van der Waals surface area (Å²) in [6.07, 6.45) is -0.750. The van der Waals surface area contributed by atoms with Gasteiger partial charge < -0.3 is 24.9 Å². The number of nitrogens with zero attached hydrogens (tertiary/aromatic N) is 1. The molecule has 25 heavy (non-hydrogen) atoms. The van der Waals surface area contributed by atoms with Gasteiger partial charge in [-0.2, -0.15) is 4.98 Å². The monoisotopic (exact) mass is 355 g/mol. The number of carbonyl (C=O) groups is 2. The Balaban J connectivity index is 3.04. The SMILES string of the molecule is CCOC(=O)c1c(C[C@@H](CO)NC(=O)OC(C)(C)C)nc(=O)[nH]c1C. The molecule has 9 nitrogen and oxygen atoms in total. The average molecular weight is 355 g/mol. The van der Waals surface area contributed by atoms with E-state index in [1.807, 2.05) is 0 Å². The summed E-state index contributed by atoms with van der Waals surface area (Å²) in [7, 11) is 0. The molecule has 0 aromatic carbocycles. The molecule has 1 amide bonds. The molecule has 1 rings (SSSR count). The Morgan fingerprint density at radius 2 is 2.00 bits per heavy atom. The summed E-state index contributed by atoms with van der Waals surface area (Å²) in [6, 6.07) is -0.781. The molecular weight excluding hydrogens is 330 g/mol. The van der Waals surface area contributed by atoms with Gasteiger partial charge in [0.2, 0.25) is 0 Å². The maximum Gasteiger partial charge on any atom is 0.407 e. The van der Waals surface area contributed by atoms with Crippen LogP contribution in [0.15, 0.2) is 4.79 Å². The van der Waals surface area contributed by atoms with Crippen molar-refractivity contribution in [2.24, 2.45) is 0 Å². The predicted molar refractivity (Wildman–Crippen MR) is 89.5 cm³/mol. The number of hydrogen-bond donors (Lipinski definition) is 3. The van der Waals surface area contributed by atoms with Gasteiger partial charge in [-0.3, -0.25) is 0 Å². The molecule has 0 spiro atoms. The van der Waals surface area contributed by atoms with Crippen LogP contribution in [-0.4, -0.2) is 52.0 Å². The number of amides is 1. The first kappa shape index (κ1) is 20.6. The van der Waals surface area contributed by atoms with Crippen LogP contribution in [0.3, 0.4) is 0 Å². The molecule has 0 aliphatic rings.